The number of fused-ring (bicyclic) bond motifs is 1. The predicted molar refractivity (Wildman–Crippen MR) is 72.0 cm³/mol. The number of aromatic nitrogens is 2. The molecule has 1 heterocycles. The van der Waals surface area contributed by atoms with Gasteiger partial charge in [-0.25, -0.2) is 9.97 Å². The molecule has 3 aromatic rings. The molecule has 0 saturated carbocycles. The van der Waals surface area contributed by atoms with Crippen LogP contribution in [-0.4, -0.2) is 9.97 Å². The van der Waals surface area contributed by atoms with Crippen LogP contribution in [0.2, 0.25) is 0 Å². The van der Waals surface area contributed by atoms with Crippen molar-refractivity contribution in [2.24, 2.45) is 5.73 Å². The Labute approximate surface area is 105 Å². The van der Waals surface area contributed by atoms with Crippen molar-refractivity contribution < 1.29 is 0 Å². The first-order chi connectivity index (χ1) is 8.86. The van der Waals surface area contributed by atoms with Crippen molar-refractivity contribution in [3.8, 4) is 0 Å². The molecule has 1 unspecified atom stereocenters. The molecule has 1 aromatic heterocycles. The van der Waals surface area contributed by atoms with Gasteiger partial charge in [0, 0.05) is 18.0 Å². The number of rotatable bonds is 2. The van der Waals surface area contributed by atoms with Gasteiger partial charge < -0.3 is 5.73 Å². The van der Waals surface area contributed by atoms with Crippen molar-refractivity contribution >= 4 is 10.8 Å². The highest BCUT2D eigenvalue weighted by Crippen LogP contribution is 2.26. The maximum absolute atomic E-state index is 6.30. The Kier molecular flexibility index (Phi) is 2.74. The topological polar surface area (TPSA) is 51.8 Å². The van der Waals surface area contributed by atoms with E-state index in [1.54, 1.807) is 12.4 Å². The van der Waals surface area contributed by atoms with E-state index in [4.69, 9.17) is 5.73 Å². The van der Waals surface area contributed by atoms with Crippen LogP contribution in [0.4, 0.5) is 0 Å². The minimum atomic E-state index is -0.197. The molecule has 2 N–H and O–H groups in total. The van der Waals surface area contributed by atoms with E-state index in [1.807, 2.05) is 18.2 Å². The molecule has 0 aliphatic heterocycles. The van der Waals surface area contributed by atoms with Crippen LogP contribution in [0.25, 0.3) is 10.8 Å². The average Bonchev–Trinajstić information content (AvgIpc) is 2.47. The zero-order valence-corrected chi connectivity index (χ0v) is 9.82. The maximum Gasteiger partial charge on any atom is 0.115 e. The first-order valence-electron chi connectivity index (χ1n) is 5.84. The Hall–Kier alpha value is -2.26. The van der Waals surface area contributed by atoms with E-state index in [9.17, 15) is 0 Å². The van der Waals surface area contributed by atoms with Crippen molar-refractivity contribution in [2.75, 3.05) is 0 Å². The van der Waals surface area contributed by atoms with Gasteiger partial charge in [-0.3, -0.25) is 0 Å². The van der Waals surface area contributed by atoms with Gasteiger partial charge in [-0.2, -0.15) is 0 Å². The van der Waals surface area contributed by atoms with Crippen LogP contribution >= 0.6 is 0 Å². The van der Waals surface area contributed by atoms with E-state index < -0.39 is 0 Å². The van der Waals surface area contributed by atoms with Gasteiger partial charge in [-0.1, -0.05) is 42.5 Å². The molecule has 18 heavy (non-hydrogen) atoms. The number of hydrogen-bond donors (Lipinski definition) is 1. The molecule has 3 nitrogen and oxygen atoms in total. The fraction of sp³-hybridized carbons (Fsp3) is 0.0667. The van der Waals surface area contributed by atoms with Crippen molar-refractivity contribution in [2.45, 2.75) is 6.04 Å². The normalized spacial score (nSPS) is 12.5. The third-order valence-corrected chi connectivity index (χ3v) is 3.10. The standard InChI is InChI=1S/C15H13N3/c16-15(12-8-17-10-18-9-12)14-7-3-5-11-4-1-2-6-13(11)14/h1-10,15H,16H2. The van der Waals surface area contributed by atoms with Crippen LogP contribution < -0.4 is 5.73 Å². The summed E-state index contributed by atoms with van der Waals surface area (Å²) in [5.74, 6) is 0. The summed E-state index contributed by atoms with van der Waals surface area (Å²) in [7, 11) is 0. The Balaban J connectivity index is 2.15. The van der Waals surface area contributed by atoms with E-state index in [-0.39, 0.29) is 6.04 Å². The second kappa shape index (κ2) is 4.55. The van der Waals surface area contributed by atoms with E-state index in [2.05, 4.69) is 34.2 Å². The summed E-state index contributed by atoms with van der Waals surface area (Å²) in [4.78, 5) is 8.04. The average molecular weight is 235 g/mol. The van der Waals surface area contributed by atoms with Gasteiger partial charge in [0.1, 0.15) is 6.33 Å². The van der Waals surface area contributed by atoms with Gasteiger partial charge in [0.05, 0.1) is 6.04 Å². The zero-order chi connectivity index (χ0) is 12.4. The minimum Gasteiger partial charge on any atom is -0.320 e. The zero-order valence-electron chi connectivity index (χ0n) is 9.82. The molecule has 0 saturated heterocycles. The lowest BCUT2D eigenvalue weighted by Crippen LogP contribution is -2.12. The van der Waals surface area contributed by atoms with Crippen LogP contribution in [0.3, 0.4) is 0 Å². The Morgan fingerprint density at radius 2 is 1.61 bits per heavy atom. The molecule has 0 aliphatic carbocycles. The van der Waals surface area contributed by atoms with Crippen LogP contribution in [0, 0.1) is 0 Å². The number of nitrogens with two attached hydrogens (primary N) is 1. The van der Waals surface area contributed by atoms with Gasteiger partial charge in [-0.05, 0) is 16.3 Å². The SMILES string of the molecule is NC(c1cncnc1)c1cccc2ccccc12. The van der Waals surface area contributed by atoms with E-state index in [1.165, 1.54) is 17.1 Å². The van der Waals surface area contributed by atoms with E-state index in [0.29, 0.717) is 0 Å². The highest BCUT2D eigenvalue weighted by atomic mass is 14.8. The Bertz CT molecular complexity index is 659. The molecule has 3 heteroatoms. The third-order valence-electron chi connectivity index (χ3n) is 3.10. The van der Waals surface area contributed by atoms with E-state index >= 15 is 0 Å². The largest absolute Gasteiger partial charge is 0.320 e. The highest BCUT2D eigenvalue weighted by molar-refractivity contribution is 5.86. The fourth-order valence-electron chi connectivity index (χ4n) is 2.17. The number of hydrogen-bond acceptors (Lipinski definition) is 3. The first kappa shape index (κ1) is 10.9. The summed E-state index contributed by atoms with van der Waals surface area (Å²) in [5, 5.41) is 2.37. The van der Waals surface area contributed by atoms with E-state index in [0.717, 1.165) is 11.1 Å². The molecular formula is C15H13N3. The molecule has 0 amide bonds. The van der Waals surface area contributed by atoms with Crippen LogP contribution in [0.1, 0.15) is 17.2 Å². The lowest BCUT2D eigenvalue weighted by Gasteiger charge is -2.14. The summed E-state index contributed by atoms with van der Waals surface area (Å²) in [5.41, 5.74) is 8.33. The van der Waals surface area contributed by atoms with Gasteiger partial charge in [-0.15, -0.1) is 0 Å². The Morgan fingerprint density at radius 1 is 0.889 bits per heavy atom. The second-order valence-electron chi connectivity index (χ2n) is 4.22. The molecule has 88 valence electrons. The highest BCUT2D eigenvalue weighted by Gasteiger charge is 2.11. The summed E-state index contributed by atoms with van der Waals surface area (Å²) in [6, 6.07) is 14.2. The van der Waals surface area contributed by atoms with Crippen molar-refractivity contribution in [1.29, 1.82) is 0 Å². The van der Waals surface area contributed by atoms with Crippen LogP contribution in [-0.2, 0) is 0 Å². The second-order valence-corrected chi connectivity index (χ2v) is 4.22. The molecule has 3 rings (SSSR count). The molecule has 0 spiro atoms. The van der Waals surface area contributed by atoms with Crippen molar-refractivity contribution in [1.82, 2.24) is 9.97 Å². The van der Waals surface area contributed by atoms with Gasteiger partial charge in [0.15, 0.2) is 0 Å². The number of benzene rings is 2. The van der Waals surface area contributed by atoms with Gasteiger partial charge in [0.25, 0.3) is 0 Å². The molecule has 0 aliphatic rings. The lowest BCUT2D eigenvalue weighted by molar-refractivity contribution is 0.859. The molecule has 1 atom stereocenters. The first-order valence-corrected chi connectivity index (χ1v) is 5.84. The quantitative estimate of drug-likeness (QED) is 0.743. The summed E-state index contributed by atoms with van der Waals surface area (Å²) in [6.45, 7) is 0. The summed E-state index contributed by atoms with van der Waals surface area (Å²) < 4.78 is 0. The van der Waals surface area contributed by atoms with Crippen molar-refractivity contribution in [3.63, 3.8) is 0 Å². The molecular weight excluding hydrogens is 222 g/mol. The smallest absolute Gasteiger partial charge is 0.115 e. The molecule has 2 aromatic carbocycles. The number of nitrogens with zero attached hydrogens (tertiary/aromatic N) is 2. The fourth-order valence-corrected chi connectivity index (χ4v) is 2.17. The van der Waals surface area contributed by atoms with Crippen LogP contribution in [0.15, 0.2) is 61.2 Å². The lowest BCUT2D eigenvalue weighted by atomic mass is 9.96. The predicted octanol–water partition coefficient (Wildman–Crippen LogP) is 2.68. The summed E-state index contributed by atoms with van der Waals surface area (Å²) >= 11 is 0. The third kappa shape index (κ3) is 1.85. The Morgan fingerprint density at radius 3 is 2.44 bits per heavy atom. The monoisotopic (exact) mass is 235 g/mol. The van der Waals surface area contributed by atoms with Gasteiger partial charge in [0.2, 0.25) is 0 Å². The maximum atomic E-state index is 6.30. The molecule has 0 radical (unpaired) electrons. The molecule has 0 fully saturated rings. The minimum absolute atomic E-state index is 0.197. The summed E-state index contributed by atoms with van der Waals surface area (Å²) in [6.07, 6.45) is 5.04. The molecule has 0 bridgehead atoms. The van der Waals surface area contributed by atoms with Crippen molar-refractivity contribution in [3.05, 3.63) is 72.3 Å². The van der Waals surface area contributed by atoms with Crippen LogP contribution in [0.5, 0.6) is 0 Å². The van der Waals surface area contributed by atoms with Gasteiger partial charge >= 0.3 is 0 Å².